The predicted molar refractivity (Wildman–Crippen MR) is 108 cm³/mol. The summed E-state index contributed by atoms with van der Waals surface area (Å²) in [6.45, 7) is 5.45. The average Bonchev–Trinajstić information content (AvgIpc) is 2.73. The molecule has 1 N–H and O–H groups in total. The summed E-state index contributed by atoms with van der Waals surface area (Å²) in [7, 11) is -3.84. The zero-order valence-electron chi connectivity index (χ0n) is 16.6. The van der Waals surface area contributed by atoms with Gasteiger partial charge in [0.05, 0.1) is 37.6 Å². The van der Waals surface area contributed by atoms with Gasteiger partial charge < -0.3 is 9.80 Å². The van der Waals surface area contributed by atoms with Crippen molar-refractivity contribution in [2.45, 2.75) is 18.4 Å². The van der Waals surface area contributed by atoms with E-state index in [9.17, 15) is 17.6 Å². The van der Waals surface area contributed by atoms with Crippen molar-refractivity contribution in [2.75, 3.05) is 39.3 Å². The molecule has 0 radical (unpaired) electrons. The molecule has 1 aliphatic rings. The van der Waals surface area contributed by atoms with Gasteiger partial charge in [-0.1, -0.05) is 37.3 Å². The fourth-order valence-electron chi connectivity index (χ4n) is 3.51. The molecule has 1 heterocycles. The minimum absolute atomic E-state index is 0.00863. The molecule has 29 heavy (non-hydrogen) atoms. The van der Waals surface area contributed by atoms with Gasteiger partial charge >= 0.3 is 0 Å². The summed E-state index contributed by atoms with van der Waals surface area (Å²) in [5.74, 6) is -0.699. The molecule has 2 aromatic rings. The second kappa shape index (κ2) is 9.47. The molecule has 0 saturated carbocycles. The van der Waals surface area contributed by atoms with Crippen molar-refractivity contribution < 1.29 is 22.5 Å². The maximum atomic E-state index is 13.1. The Morgan fingerprint density at radius 2 is 1.69 bits per heavy atom. The zero-order chi connectivity index (χ0) is 20.9. The summed E-state index contributed by atoms with van der Waals surface area (Å²) in [4.78, 5) is 15.8. The number of hydrogen-bond acceptors (Lipinski definition) is 3. The molecular formula is C21H27FN3O3S+. The van der Waals surface area contributed by atoms with Crippen molar-refractivity contribution in [3.05, 3.63) is 66.0 Å². The number of halogens is 1. The molecule has 8 heteroatoms. The van der Waals surface area contributed by atoms with E-state index in [1.807, 2.05) is 18.2 Å². The van der Waals surface area contributed by atoms with Gasteiger partial charge in [-0.3, -0.25) is 4.79 Å². The highest BCUT2D eigenvalue weighted by molar-refractivity contribution is 7.89. The highest BCUT2D eigenvalue weighted by Gasteiger charge is 2.29. The first-order valence-electron chi connectivity index (χ1n) is 9.81. The third-order valence-electron chi connectivity index (χ3n) is 5.24. The number of piperazine rings is 1. The molecule has 0 unspecified atom stereocenters. The van der Waals surface area contributed by atoms with Gasteiger partial charge in [-0.25, -0.2) is 12.8 Å². The second-order valence-electron chi connectivity index (χ2n) is 7.18. The van der Waals surface area contributed by atoms with Crippen LogP contribution in [0, 0.1) is 5.82 Å². The lowest BCUT2D eigenvalue weighted by atomic mass is 10.2. The topological polar surface area (TPSA) is 62.1 Å². The Morgan fingerprint density at radius 3 is 2.28 bits per heavy atom. The molecule has 1 fully saturated rings. The van der Waals surface area contributed by atoms with Crippen molar-refractivity contribution in [1.82, 2.24) is 9.21 Å². The number of carbonyl (C=O) groups excluding carboxylic acids is 1. The number of likely N-dealkylation sites (N-methyl/N-ethyl adjacent to an activating group) is 1. The molecule has 0 aliphatic carbocycles. The van der Waals surface area contributed by atoms with E-state index in [1.54, 1.807) is 11.8 Å². The maximum Gasteiger partial charge on any atom is 0.243 e. The van der Waals surface area contributed by atoms with E-state index in [-0.39, 0.29) is 23.9 Å². The third kappa shape index (κ3) is 5.41. The van der Waals surface area contributed by atoms with Gasteiger partial charge in [0.15, 0.2) is 0 Å². The van der Waals surface area contributed by atoms with E-state index in [2.05, 4.69) is 12.1 Å². The van der Waals surface area contributed by atoms with E-state index in [0.717, 1.165) is 36.1 Å². The second-order valence-corrected chi connectivity index (χ2v) is 9.12. The zero-order valence-corrected chi connectivity index (χ0v) is 17.4. The molecule has 0 atom stereocenters. The average molecular weight is 421 g/mol. The van der Waals surface area contributed by atoms with Crippen LogP contribution in [0.3, 0.4) is 0 Å². The van der Waals surface area contributed by atoms with Crippen molar-refractivity contribution in [2.24, 2.45) is 0 Å². The molecule has 1 amide bonds. The fourth-order valence-corrected chi connectivity index (χ4v) is 4.91. The Bertz CT molecular complexity index is 912. The first-order valence-corrected chi connectivity index (χ1v) is 11.2. The normalized spacial score (nSPS) is 15.6. The number of rotatable bonds is 7. The van der Waals surface area contributed by atoms with Crippen molar-refractivity contribution in [3.63, 3.8) is 0 Å². The molecule has 2 aromatic carbocycles. The van der Waals surface area contributed by atoms with E-state index < -0.39 is 15.8 Å². The number of amides is 1. The molecule has 0 spiro atoms. The molecule has 1 saturated heterocycles. The maximum absolute atomic E-state index is 13.1. The van der Waals surface area contributed by atoms with E-state index in [1.165, 1.54) is 22.6 Å². The van der Waals surface area contributed by atoms with Gasteiger partial charge in [-0.05, 0) is 24.3 Å². The summed E-state index contributed by atoms with van der Waals surface area (Å²) >= 11 is 0. The van der Waals surface area contributed by atoms with Crippen LogP contribution in [0.25, 0.3) is 0 Å². The third-order valence-corrected chi connectivity index (χ3v) is 7.17. The quantitative estimate of drug-likeness (QED) is 0.720. The number of sulfonamides is 1. The molecule has 3 rings (SSSR count). The van der Waals surface area contributed by atoms with Gasteiger partial charge in [0, 0.05) is 12.1 Å². The molecule has 1 aliphatic heterocycles. The van der Waals surface area contributed by atoms with Crippen LogP contribution in [0.1, 0.15) is 12.5 Å². The van der Waals surface area contributed by atoms with Crippen LogP contribution in [-0.2, 0) is 21.4 Å². The number of benzene rings is 2. The lowest BCUT2D eigenvalue weighted by Gasteiger charge is -2.33. The Kier molecular flexibility index (Phi) is 7.00. The van der Waals surface area contributed by atoms with Crippen LogP contribution in [-0.4, -0.2) is 62.8 Å². The Morgan fingerprint density at radius 1 is 1.07 bits per heavy atom. The first kappa shape index (κ1) is 21.4. The molecular weight excluding hydrogens is 393 g/mol. The van der Waals surface area contributed by atoms with Gasteiger partial charge in [0.2, 0.25) is 15.9 Å². The monoisotopic (exact) mass is 420 g/mol. The molecule has 6 nitrogen and oxygen atoms in total. The summed E-state index contributed by atoms with van der Waals surface area (Å²) < 4.78 is 39.8. The number of hydrogen-bond donors (Lipinski definition) is 1. The summed E-state index contributed by atoms with van der Waals surface area (Å²) in [6.07, 6.45) is 0. The van der Waals surface area contributed by atoms with Crippen LogP contribution in [0.5, 0.6) is 0 Å². The van der Waals surface area contributed by atoms with Gasteiger partial charge in [-0.2, -0.15) is 4.31 Å². The largest absolute Gasteiger partial charge is 0.330 e. The standard InChI is InChI=1S/C21H26FN3O3S/c1-2-25(29(27,28)20-10-8-19(22)9-11-20)17-21(26)24-14-12-23(13-15-24)16-18-6-4-3-5-7-18/h3-11H,2,12-17H2,1H3/p+1. The van der Waals surface area contributed by atoms with E-state index >= 15 is 0 Å². The lowest BCUT2D eigenvalue weighted by molar-refractivity contribution is -0.917. The Labute approximate surface area is 171 Å². The van der Waals surface area contributed by atoms with Crippen LogP contribution in [0.2, 0.25) is 0 Å². The minimum Gasteiger partial charge on any atom is -0.330 e. The van der Waals surface area contributed by atoms with Crippen molar-refractivity contribution in [1.29, 1.82) is 0 Å². The van der Waals surface area contributed by atoms with Crippen LogP contribution >= 0.6 is 0 Å². The molecule has 156 valence electrons. The summed E-state index contributed by atoms with van der Waals surface area (Å²) in [6, 6.07) is 14.9. The van der Waals surface area contributed by atoms with Crippen molar-refractivity contribution in [3.8, 4) is 0 Å². The molecule has 0 bridgehead atoms. The lowest BCUT2D eigenvalue weighted by Crippen LogP contribution is -3.13. The minimum atomic E-state index is -3.84. The van der Waals surface area contributed by atoms with Gasteiger partial charge in [-0.15, -0.1) is 0 Å². The first-order chi connectivity index (χ1) is 13.9. The van der Waals surface area contributed by atoms with Gasteiger partial charge in [0.1, 0.15) is 12.4 Å². The predicted octanol–water partition coefficient (Wildman–Crippen LogP) is 0.764. The van der Waals surface area contributed by atoms with E-state index in [4.69, 9.17) is 0 Å². The SMILES string of the molecule is CCN(CC(=O)N1CC[NH+](Cc2ccccc2)CC1)S(=O)(=O)c1ccc(F)cc1. The smallest absolute Gasteiger partial charge is 0.243 e. The number of nitrogens with one attached hydrogen (secondary N) is 1. The number of quaternary nitrogens is 1. The Hall–Kier alpha value is -2.29. The fraction of sp³-hybridized carbons (Fsp3) is 0.381. The molecule has 0 aromatic heterocycles. The number of carbonyl (C=O) groups is 1. The Balaban J connectivity index is 1.57. The van der Waals surface area contributed by atoms with Crippen molar-refractivity contribution >= 4 is 15.9 Å². The van der Waals surface area contributed by atoms with Crippen LogP contribution < -0.4 is 4.90 Å². The number of nitrogens with zero attached hydrogens (tertiary/aromatic N) is 2. The highest BCUT2D eigenvalue weighted by Crippen LogP contribution is 2.16. The summed E-state index contributed by atoms with van der Waals surface area (Å²) in [5.41, 5.74) is 1.27. The highest BCUT2D eigenvalue weighted by atomic mass is 32.2. The summed E-state index contributed by atoms with van der Waals surface area (Å²) in [5, 5.41) is 0. The van der Waals surface area contributed by atoms with E-state index in [0.29, 0.717) is 13.1 Å². The van der Waals surface area contributed by atoms with Gasteiger partial charge in [0.25, 0.3) is 0 Å². The van der Waals surface area contributed by atoms with Crippen LogP contribution in [0.4, 0.5) is 4.39 Å². The van der Waals surface area contributed by atoms with Crippen LogP contribution in [0.15, 0.2) is 59.5 Å².